The fourth-order valence-electron chi connectivity index (χ4n) is 2.80. The van der Waals surface area contributed by atoms with Gasteiger partial charge in [-0.2, -0.15) is 18.2 Å². The first-order valence-electron chi connectivity index (χ1n) is 9.20. The van der Waals surface area contributed by atoms with E-state index in [1.807, 2.05) is 30.3 Å². The molecule has 0 spiro atoms. The van der Waals surface area contributed by atoms with Crippen molar-refractivity contribution in [2.45, 2.75) is 11.3 Å². The van der Waals surface area contributed by atoms with Gasteiger partial charge in [-0.25, -0.2) is 0 Å². The molecule has 0 aliphatic heterocycles. The Labute approximate surface area is 183 Å². The molecule has 2 heterocycles. The first-order chi connectivity index (χ1) is 15.3. The molecule has 0 saturated carbocycles. The Morgan fingerprint density at radius 2 is 1.81 bits per heavy atom. The predicted molar refractivity (Wildman–Crippen MR) is 111 cm³/mol. The Morgan fingerprint density at radius 1 is 1.09 bits per heavy atom. The largest absolute Gasteiger partial charge is 0.418 e. The van der Waals surface area contributed by atoms with Crippen LogP contribution >= 0.6 is 11.8 Å². The van der Waals surface area contributed by atoms with Gasteiger partial charge in [0.1, 0.15) is 0 Å². The van der Waals surface area contributed by atoms with Gasteiger partial charge in [0.05, 0.1) is 17.0 Å². The maximum atomic E-state index is 13.1. The van der Waals surface area contributed by atoms with E-state index in [1.165, 1.54) is 18.2 Å². The lowest BCUT2D eigenvalue weighted by Crippen LogP contribution is -2.18. The van der Waals surface area contributed by atoms with Crippen LogP contribution < -0.4 is 5.32 Å². The fourth-order valence-corrected chi connectivity index (χ4v) is 3.51. The van der Waals surface area contributed by atoms with Gasteiger partial charge in [-0.1, -0.05) is 59.4 Å². The first-order valence-corrected chi connectivity index (χ1v) is 10.2. The Kier molecular flexibility index (Phi) is 5.95. The summed E-state index contributed by atoms with van der Waals surface area (Å²) >= 11 is 1.01. The zero-order chi connectivity index (χ0) is 22.7. The van der Waals surface area contributed by atoms with Crippen molar-refractivity contribution in [2.75, 3.05) is 11.1 Å². The number of hydrogen-bond acceptors (Lipinski definition) is 7. The van der Waals surface area contributed by atoms with Crippen LogP contribution in [0.4, 0.5) is 18.9 Å². The normalized spacial score (nSPS) is 11.5. The lowest BCUT2D eigenvalue weighted by atomic mass is 10.1. The fraction of sp³-hybridized carbons (Fsp3) is 0.150. The molecular weight excluding hydrogens is 445 g/mol. The third-order valence-electron chi connectivity index (χ3n) is 4.32. The number of halogens is 3. The second-order valence-electron chi connectivity index (χ2n) is 6.53. The molecule has 0 unspecified atom stereocenters. The van der Waals surface area contributed by atoms with Gasteiger partial charge in [-0.05, 0) is 12.1 Å². The highest BCUT2D eigenvalue weighted by Crippen LogP contribution is 2.34. The average molecular weight is 460 g/mol. The highest BCUT2D eigenvalue weighted by Gasteiger charge is 2.33. The minimum atomic E-state index is -4.57. The molecule has 0 bridgehead atoms. The number of benzene rings is 2. The minimum absolute atomic E-state index is 0.147. The number of alkyl halides is 3. The van der Waals surface area contributed by atoms with Crippen molar-refractivity contribution in [3.05, 3.63) is 60.2 Å². The molecule has 0 aliphatic rings. The van der Waals surface area contributed by atoms with Crippen LogP contribution in [0, 0.1) is 0 Å². The SMILES string of the molecule is Cn1c(SCC(=O)Nc2ccccc2C(F)(F)F)nnc1-c1nc(-c2ccccc2)no1. The van der Waals surface area contributed by atoms with Crippen LogP contribution in [-0.2, 0) is 18.0 Å². The Balaban J connectivity index is 1.43. The quantitative estimate of drug-likeness (QED) is 0.429. The van der Waals surface area contributed by atoms with Crippen molar-refractivity contribution < 1.29 is 22.5 Å². The maximum absolute atomic E-state index is 13.1. The molecule has 1 amide bonds. The van der Waals surface area contributed by atoms with E-state index in [-0.39, 0.29) is 17.3 Å². The van der Waals surface area contributed by atoms with E-state index >= 15 is 0 Å². The third kappa shape index (κ3) is 4.64. The molecule has 0 aliphatic carbocycles. The van der Waals surface area contributed by atoms with E-state index in [2.05, 4.69) is 25.7 Å². The highest BCUT2D eigenvalue weighted by molar-refractivity contribution is 7.99. The van der Waals surface area contributed by atoms with Gasteiger partial charge in [-0.15, -0.1) is 10.2 Å². The summed E-state index contributed by atoms with van der Waals surface area (Å²) in [6, 6.07) is 14.0. The number of thioether (sulfide) groups is 1. The second-order valence-corrected chi connectivity index (χ2v) is 7.48. The second kappa shape index (κ2) is 8.83. The summed E-state index contributed by atoms with van der Waals surface area (Å²) in [4.78, 5) is 16.5. The molecule has 12 heteroatoms. The van der Waals surface area contributed by atoms with E-state index in [0.717, 1.165) is 23.4 Å². The topological polar surface area (TPSA) is 98.7 Å². The molecule has 164 valence electrons. The Bertz CT molecular complexity index is 1240. The molecule has 4 rings (SSSR count). The van der Waals surface area contributed by atoms with Gasteiger partial charge in [-0.3, -0.25) is 4.79 Å². The number of aromatic nitrogens is 5. The van der Waals surface area contributed by atoms with Crippen LogP contribution in [-0.4, -0.2) is 36.6 Å². The average Bonchev–Trinajstić information content (AvgIpc) is 3.39. The molecule has 4 aromatic rings. The smallest absolute Gasteiger partial charge is 0.330 e. The molecule has 0 radical (unpaired) electrons. The number of hydrogen-bond donors (Lipinski definition) is 1. The standard InChI is InChI=1S/C20H15F3N6O2S/c1-29-17(18-25-16(28-31-18)12-7-3-2-4-8-12)26-27-19(29)32-11-15(30)24-14-10-6-5-9-13(14)20(21,22)23/h2-10H,11H2,1H3,(H,24,30). The summed E-state index contributed by atoms with van der Waals surface area (Å²) in [5.74, 6) is 0.0530. The van der Waals surface area contributed by atoms with Crippen molar-refractivity contribution in [1.82, 2.24) is 24.9 Å². The van der Waals surface area contributed by atoms with Crippen molar-refractivity contribution >= 4 is 23.4 Å². The molecule has 2 aromatic carbocycles. The lowest BCUT2D eigenvalue weighted by molar-refractivity contribution is -0.137. The zero-order valence-corrected chi connectivity index (χ0v) is 17.3. The summed E-state index contributed by atoms with van der Waals surface area (Å²) in [5.41, 5.74) is -0.441. The first kappa shape index (κ1) is 21.6. The van der Waals surface area contributed by atoms with Gasteiger partial charge in [0.25, 0.3) is 5.89 Å². The van der Waals surface area contributed by atoms with Crippen LogP contribution in [0.5, 0.6) is 0 Å². The van der Waals surface area contributed by atoms with Crippen molar-refractivity contribution in [1.29, 1.82) is 0 Å². The molecule has 0 fully saturated rings. The maximum Gasteiger partial charge on any atom is 0.418 e. The van der Waals surface area contributed by atoms with E-state index in [0.29, 0.717) is 16.8 Å². The van der Waals surface area contributed by atoms with E-state index in [4.69, 9.17) is 4.52 Å². The Hall–Kier alpha value is -3.67. The van der Waals surface area contributed by atoms with Gasteiger partial charge < -0.3 is 14.4 Å². The Morgan fingerprint density at radius 3 is 2.56 bits per heavy atom. The third-order valence-corrected chi connectivity index (χ3v) is 5.34. The summed E-state index contributed by atoms with van der Waals surface area (Å²) in [6.07, 6.45) is -4.57. The number of rotatable bonds is 6. The zero-order valence-electron chi connectivity index (χ0n) is 16.5. The molecule has 1 N–H and O–H groups in total. The molecule has 2 aromatic heterocycles. The molecule has 0 saturated heterocycles. The van der Waals surface area contributed by atoms with Crippen LogP contribution in [0.15, 0.2) is 64.3 Å². The highest BCUT2D eigenvalue weighted by atomic mass is 32.2. The number of anilines is 1. The molecule has 8 nitrogen and oxygen atoms in total. The van der Waals surface area contributed by atoms with Gasteiger partial charge in [0, 0.05) is 12.6 Å². The van der Waals surface area contributed by atoms with Gasteiger partial charge >= 0.3 is 6.18 Å². The van der Waals surface area contributed by atoms with Crippen LogP contribution in [0.25, 0.3) is 23.1 Å². The van der Waals surface area contributed by atoms with Crippen molar-refractivity contribution in [2.24, 2.45) is 7.05 Å². The van der Waals surface area contributed by atoms with Gasteiger partial charge in [0.2, 0.25) is 17.6 Å². The molecule has 0 atom stereocenters. The van der Waals surface area contributed by atoms with Crippen molar-refractivity contribution in [3.63, 3.8) is 0 Å². The summed E-state index contributed by atoms with van der Waals surface area (Å²) in [6.45, 7) is 0. The number of para-hydroxylation sites is 1. The van der Waals surface area contributed by atoms with E-state index < -0.39 is 17.6 Å². The number of carbonyl (C=O) groups excluding carboxylic acids is 1. The van der Waals surface area contributed by atoms with Crippen LogP contribution in [0.1, 0.15) is 5.56 Å². The monoisotopic (exact) mass is 460 g/mol. The lowest BCUT2D eigenvalue weighted by Gasteiger charge is -2.13. The summed E-state index contributed by atoms with van der Waals surface area (Å²) < 4.78 is 46.1. The summed E-state index contributed by atoms with van der Waals surface area (Å²) in [5, 5.41) is 14.6. The number of amides is 1. The molecule has 32 heavy (non-hydrogen) atoms. The number of nitrogens with zero attached hydrogens (tertiary/aromatic N) is 5. The van der Waals surface area contributed by atoms with Crippen molar-refractivity contribution in [3.8, 4) is 23.1 Å². The van der Waals surface area contributed by atoms with E-state index in [1.54, 1.807) is 11.6 Å². The van der Waals surface area contributed by atoms with Gasteiger partial charge in [0.15, 0.2) is 5.16 Å². The summed E-state index contributed by atoms with van der Waals surface area (Å²) in [7, 11) is 1.65. The van der Waals surface area contributed by atoms with Crippen LogP contribution in [0.3, 0.4) is 0 Å². The number of carbonyl (C=O) groups is 1. The molecular formula is C20H15F3N6O2S. The van der Waals surface area contributed by atoms with Crippen LogP contribution in [0.2, 0.25) is 0 Å². The minimum Gasteiger partial charge on any atom is -0.330 e. The predicted octanol–water partition coefficient (Wildman–Crippen LogP) is 4.28. The number of nitrogens with one attached hydrogen (secondary N) is 1. The van der Waals surface area contributed by atoms with E-state index in [9.17, 15) is 18.0 Å².